The second-order valence-corrected chi connectivity index (χ2v) is 5.42. The van der Waals surface area contributed by atoms with Crippen LogP contribution in [0.1, 0.15) is 12.5 Å². The minimum atomic E-state index is -1.17. The van der Waals surface area contributed by atoms with Crippen molar-refractivity contribution >= 4 is 17.7 Å². The first kappa shape index (κ1) is 15.5. The lowest BCUT2D eigenvalue weighted by molar-refractivity contribution is -0.144. The third kappa shape index (κ3) is 3.22. The molecule has 2 aromatic rings. The largest absolute Gasteiger partial charge is 0.480 e. The highest BCUT2D eigenvalue weighted by Gasteiger charge is 2.40. The Balaban J connectivity index is 2.31. The summed E-state index contributed by atoms with van der Waals surface area (Å²) in [5.74, 6) is -0.632. The zero-order valence-corrected chi connectivity index (χ0v) is 12.7. The van der Waals surface area contributed by atoms with Crippen molar-refractivity contribution in [1.82, 2.24) is 25.5 Å². The van der Waals surface area contributed by atoms with Gasteiger partial charge in [-0.05, 0) is 22.5 Å². The van der Waals surface area contributed by atoms with Gasteiger partial charge >= 0.3 is 5.97 Å². The molecule has 0 radical (unpaired) electrons. The van der Waals surface area contributed by atoms with Crippen molar-refractivity contribution in [2.24, 2.45) is 7.05 Å². The number of aryl methyl sites for hydroxylation is 1. The predicted octanol–water partition coefficient (Wildman–Crippen LogP) is 0.892. The number of hydrogen-bond donors (Lipinski definition) is 2. The fraction of sp³-hybridized carbons (Fsp3) is 0.385. The molecule has 7 nitrogen and oxygen atoms in total. The van der Waals surface area contributed by atoms with E-state index < -0.39 is 11.5 Å². The number of benzene rings is 1. The van der Waals surface area contributed by atoms with E-state index in [2.05, 4.69) is 20.8 Å². The van der Waals surface area contributed by atoms with E-state index in [1.807, 2.05) is 37.3 Å². The first-order valence-electron chi connectivity index (χ1n) is 6.49. The number of nitrogens with zero attached hydrogens (tertiary/aromatic N) is 4. The number of carbonyl (C=O) groups is 1. The van der Waals surface area contributed by atoms with Gasteiger partial charge in [-0.1, -0.05) is 49.0 Å². The van der Waals surface area contributed by atoms with Gasteiger partial charge in [0.15, 0.2) is 5.54 Å². The number of tetrazole rings is 1. The third-order valence-corrected chi connectivity index (χ3v) is 4.29. The lowest BCUT2D eigenvalue weighted by atomic mass is 9.92. The number of nitrogens with one attached hydrogen (secondary N) is 1. The predicted molar refractivity (Wildman–Crippen MR) is 79.0 cm³/mol. The first-order chi connectivity index (χ1) is 10.1. The summed E-state index contributed by atoms with van der Waals surface area (Å²) in [7, 11) is 1.72. The Hall–Kier alpha value is -1.93. The summed E-state index contributed by atoms with van der Waals surface area (Å²) in [5.41, 5.74) is -0.464. The smallest absolute Gasteiger partial charge is 0.329 e. The summed E-state index contributed by atoms with van der Waals surface area (Å²) in [6.45, 7) is 2.42. The Bertz CT molecular complexity index is 604. The van der Waals surface area contributed by atoms with Crippen LogP contribution in [0.5, 0.6) is 0 Å². The standard InChI is InChI=1S/C13H17N5O2S/c1-3-14-13(11(19)20,10-7-5-4-6-8-10)9-21-12-15-16-17-18(12)2/h4-8,14H,3,9H2,1-2H3,(H,19,20). The zero-order chi connectivity index (χ0) is 15.3. The second-order valence-electron chi connectivity index (χ2n) is 4.48. The lowest BCUT2D eigenvalue weighted by Crippen LogP contribution is -2.51. The summed E-state index contributed by atoms with van der Waals surface area (Å²) in [6, 6.07) is 9.15. The molecule has 0 fully saturated rings. The van der Waals surface area contributed by atoms with Gasteiger partial charge in [0, 0.05) is 12.8 Å². The maximum atomic E-state index is 11.9. The van der Waals surface area contributed by atoms with Crippen LogP contribution in [-0.4, -0.2) is 43.6 Å². The second kappa shape index (κ2) is 6.68. The number of thioether (sulfide) groups is 1. The van der Waals surface area contributed by atoms with Crippen molar-refractivity contribution in [2.75, 3.05) is 12.3 Å². The number of aliphatic carboxylic acids is 1. The molecule has 0 saturated heterocycles. The number of carboxylic acids is 1. The minimum absolute atomic E-state index is 0.286. The molecule has 1 aromatic heterocycles. The Morgan fingerprint density at radius 3 is 2.67 bits per heavy atom. The highest BCUT2D eigenvalue weighted by molar-refractivity contribution is 7.99. The molecule has 2 rings (SSSR count). The van der Waals surface area contributed by atoms with Crippen LogP contribution in [0.4, 0.5) is 0 Å². The minimum Gasteiger partial charge on any atom is -0.480 e. The van der Waals surface area contributed by atoms with Crippen LogP contribution in [0.2, 0.25) is 0 Å². The highest BCUT2D eigenvalue weighted by atomic mass is 32.2. The summed E-state index contributed by atoms with van der Waals surface area (Å²) in [4.78, 5) is 11.9. The first-order valence-corrected chi connectivity index (χ1v) is 7.48. The monoisotopic (exact) mass is 307 g/mol. The summed E-state index contributed by atoms with van der Waals surface area (Å²) in [6.07, 6.45) is 0. The fourth-order valence-corrected chi connectivity index (χ4v) is 3.09. The van der Waals surface area contributed by atoms with Crippen LogP contribution < -0.4 is 5.32 Å². The number of aromatic nitrogens is 4. The van der Waals surface area contributed by atoms with Crippen molar-refractivity contribution in [2.45, 2.75) is 17.6 Å². The van der Waals surface area contributed by atoms with E-state index in [-0.39, 0.29) is 5.75 Å². The van der Waals surface area contributed by atoms with E-state index in [0.29, 0.717) is 17.3 Å². The number of likely N-dealkylation sites (N-methyl/N-ethyl adjacent to an activating group) is 1. The lowest BCUT2D eigenvalue weighted by Gasteiger charge is -2.30. The van der Waals surface area contributed by atoms with Crippen LogP contribution in [0, 0.1) is 0 Å². The van der Waals surface area contributed by atoms with E-state index in [1.54, 1.807) is 7.05 Å². The molecule has 1 atom stereocenters. The zero-order valence-electron chi connectivity index (χ0n) is 11.9. The molecule has 1 heterocycles. The number of hydrogen-bond acceptors (Lipinski definition) is 6. The Kier molecular flexibility index (Phi) is 4.92. The van der Waals surface area contributed by atoms with Crippen LogP contribution in [-0.2, 0) is 17.4 Å². The molecule has 0 spiro atoms. The Labute approximate surface area is 126 Å². The molecule has 2 N–H and O–H groups in total. The number of carboxylic acid groups (broad SMARTS) is 1. The molecule has 112 valence electrons. The van der Waals surface area contributed by atoms with Crippen molar-refractivity contribution in [3.63, 3.8) is 0 Å². The molecular formula is C13H17N5O2S. The van der Waals surface area contributed by atoms with Crippen molar-refractivity contribution in [1.29, 1.82) is 0 Å². The highest BCUT2D eigenvalue weighted by Crippen LogP contribution is 2.29. The fourth-order valence-electron chi connectivity index (χ4n) is 2.04. The molecule has 0 saturated carbocycles. The van der Waals surface area contributed by atoms with E-state index in [4.69, 9.17) is 0 Å². The van der Waals surface area contributed by atoms with Gasteiger partial charge in [-0.2, -0.15) is 0 Å². The SMILES string of the molecule is CCNC(CSc1nnnn1C)(C(=O)O)c1ccccc1. The van der Waals surface area contributed by atoms with Gasteiger partial charge in [-0.15, -0.1) is 5.10 Å². The van der Waals surface area contributed by atoms with Crippen LogP contribution in [0.15, 0.2) is 35.5 Å². The van der Waals surface area contributed by atoms with Crippen LogP contribution in [0.25, 0.3) is 0 Å². The summed E-state index contributed by atoms with van der Waals surface area (Å²) >= 11 is 1.31. The molecular weight excluding hydrogens is 290 g/mol. The molecule has 8 heteroatoms. The van der Waals surface area contributed by atoms with Crippen LogP contribution >= 0.6 is 11.8 Å². The van der Waals surface area contributed by atoms with Crippen molar-refractivity contribution in [3.8, 4) is 0 Å². The number of rotatable bonds is 7. The van der Waals surface area contributed by atoms with Gasteiger partial charge in [-0.3, -0.25) is 5.32 Å². The Morgan fingerprint density at radius 1 is 1.43 bits per heavy atom. The molecule has 0 bridgehead atoms. The van der Waals surface area contributed by atoms with E-state index >= 15 is 0 Å². The molecule has 0 amide bonds. The maximum absolute atomic E-state index is 11.9. The maximum Gasteiger partial charge on any atom is 0.329 e. The molecule has 0 aliphatic carbocycles. The van der Waals surface area contributed by atoms with E-state index in [0.717, 1.165) is 0 Å². The molecule has 0 aliphatic heterocycles. The van der Waals surface area contributed by atoms with Gasteiger partial charge in [0.05, 0.1) is 0 Å². The van der Waals surface area contributed by atoms with E-state index in [9.17, 15) is 9.90 Å². The third-order valence-electron chi connectivity index (χ3n) is 3.11. The van der Waals surface area contributed by atoms with Crippen LogP contribution in [0.3, 0.4) is 0 Å². The summed E-state index contributed by atoms with van der Waals surface area (Å²) in [5, 5.41) is 24.6. The van der Waals surface area contributed by atoms with Gasteiger partial charge in [-0.25, -0.2) is 9.48 Å². The van der Waals surface area contributed by atoms with Gasteiger partial charge in [0.2, 0.25) is 5.16 Å². The molecule has 0 aliphatic rings. The molecule has 1 unspecified atom stereocenters. The van der Waals surface area contributed by atoms with Crippen molar-refractivity contribution < 1.29 is 9.90 Å². The van der Waals surface area contributed by atoms with Gasteiger partial charge in [0.1, 0.15) is 0 Å². The Morgan fingerprint density at radius 2 is 2.14 bits per heavy atom. The van der Waals surface area contributed by atoms with Crippen molar-refractivity contribution in [3.05, 3.63) is 35.9 Å². The quantitative estimate of drug-likeness (QED) is 0.734. The van der Waals surface area contributed by atoms with Gasteiger partial charge in [0.25, 0.3) is 0 Å². The average Bonchev–Trinajstić information content (AvgIpc) is 2.89. The van der Waals surface area contributed by atoms with E-state index in [1.165, 1.54) is 16.4 Å². The molecule has 21 heavy (non-hydrogen) atoms. The molecule has 1 aromatic carbocycles. The van der Waals surface area contributed by atoms with Gasteiger partial charge < -0.3 is 5.11 Å². The summed E-state index contributed by atoms with van der Waals surface area (Å²) < 4.78 is 1.52. The normalized spacial score (nSPS) is 13.8. The topological polar surface area (TPSA) is 92.9 Å². The average molecular weight is 307 g/mol.